The van der Waals surface area contributed by atoms with Crippen molar-refractivity contribution in [2.75, 3.05) is 18.5 Å². The van der Waals surface area contributed by atoms with Crippen LogP contribution in [0.15, 0.2) is 30.3 Å². The smallest absolute Gasteiger partial charge is 0.344 e. The Bertz CT molecular complexity index is 994. The van der Waals surface area contributed by atoms with Gasteiger partial charge < -0.3 is 20.5 Å². The summed E-state index contributed by atoms with van der Waals surface area (Å²) in [5, 5.41) is 18.5. The lowest BCUT2D eigenvalue weighted by Gasteiger charge is -2.28. The van der Waals surface area contributed by atoms with Crippen LogP contribution in [0.25, 0.3) is 0 Å². The number of esters is 1. The summed E-state index contributed by atoms with van der Waals surface area (Å²) in [5.41, 5.74) is 5.08. The second kappa shape index (κ2) is 9.15. The number of carbonyl (C=O) groups excluding carboxylic acids is 1. The minimum absolute atomic E-state index is 0.130. The van der Waals surface area contributed by atoms with E-state index in [9.17, 15) is 9.90 Å². The molecule has 3 N–H and O–H groups in total. The molecule has 0 fully saturated rings. The fraction of sp³-hybridized carbons (Fsp3) is 0.417. The quantitative estimate of drug-likeness (QED) is 0.448. The van der Waals surface area contributed by atoms with E-state index < -0.39 is 11.6 Å². The Balaban J connectivity index is 1.54. The van der Waals surface area contributed by atoms with E-state index in [-0.39, 0.29) is 13.2 Å². The summed E-state index contributed by atoms with van der Waals surface area (Å²) in [7, 11) is 0. The Labute approximate surface area is 193 Å². The zero-order valence-corrected chi connectivity index (χ0v) is 19.2. The van der Waals surface area contributed by atoms with Crippen LogP contribution in [-0.4, -0.2) is 29.3 Å². The van der Waals surface area contributed by atoms with E-state index in [2.05, 4.69) is 16.7 Å². The molecule has 4 rings (SSSR count). The van der Waals surface area contributed by atoms with Gasteiger partial charge in [0, 0.05) is 10.7 Å². The third kappa shape index (κ3) is 4.43. The van der Waals surface area contributed by atoms with Gasteiger partial charge in [0.15, 0.2) is 5.11 Å². The van der Waals surface area contributed by atoms with Crippen LogP contribution in [0.4, 0.5) is 5.69 Å². The van der Waals surface area contributed by atoms with Gasteiger partial charge in [-0.15, -0.1) is 0 Å². The number of hydrogen-bond acceptors (Lipinski definition) is 4. The van der Waals surface area contributed by atoms with Gasteiger partial charge in [0.05, 0.1) is 13.2 Å². The molecule has 5 nitrogen and oxygen atoms in total. The molecular weight excluding hydrogens is 432 g/mol. The lowest BCUT2D eigenvalue weighted by Crippen LogP contribution is -2.48. The Kier molecular flexibility index (Phi) is 6.51. The molecule has 2 aliphatic carbocycles. The van der Waals surface area contributed by atoms with Crippen LogP contribution in [0.1, 0.15) is 47.6 Å². The molecule has 1 unspecified atom stereocenters. The van der Waals surface area contributed by atoms with E-state index >= 15 is 0 Å². The Morgan fingerprint density at radius 2 is 1.84 bits per heavy atom. The van der Waals surface area contributed by atoms with Crippen molar-refractivity contribution >= 4 is 40.6 Å². The number of anilines is 1. The fourth-order valence-corrected chi connectivity index (χ4v) is 4.99. The molecule has 0 saturated heterocycles. The number of halogens is 1. The maximum Gasteiger partial charge on any atom is 0.344 e. The molecule has 2 aliphatic rings. The molecular formula is C24H27ClN2O3S. The highest BCUT2D eigenvalue weighted by Gasteiger charge is 2.40. The van der Waals surface area contributed by atoms with E-state index in [1.165, 1.54) is 22.3 Å². The fourth-order valence-electron chi connectivity index (χ4n) is 4.62. The first-order valence-corrected chi connectivity index (χ1v) is 11.6. The van der Waals surface area contributed by atoms with Crippen LogP contribution in [0.2, 0.25) is 5.02 Å². The van der Waals surface area contributed by atoms with Gasteiger partial charge in [-0.3, -0.25) is 0 Å². The molecule has 2 aromatic rings. The van der Waals surface area contributed by atoms with Gasteiger partial charge in [-0.25, -0.2) is 4.79 Å². The summed E-state index contributed by atoms with van der Waals surface area (Å²) in [6.07, 6.45) is 6.62. The molecule has 0 saturated carbocycles. The van der Waals surface area contributed by atoms with Crippen LogP contribution < -0.4 is 10.6 Å². The van der Waals surface area contributed by atoms with Gasteiger partial charge in [-0.05, 0) is 97.6 Å². The number of ether oxygens (including phenoxy) is 1. The normalized spacial score (nSPS) is 16.2. The van der Waals surface area contributed by atoms with E-state index in [0.29, 0.717) is 15.7 Å². The first kappa shape index (κ1) is 22.1. The number of aryl methyl sites for hydroxylation is 2. The third-order valence-electron chi connectivity index (χ3n) is 6.13. The molecule has 164 valence electrons. The molecule has 0 aliphatic heterocycles. The van der Waals surface area contributed by atoms with E-state index in [1.807, 2.05) is 0 Å². The molecule has 31 heavy (non-hydrogen) atoms. The van der Waals surface area contributed by atoms with Crippen molar-refractivity contribution in [2.45, 2.75) is 51.0 Å². The zero-order valence-electron chi connectivity index (χ0n) is 17.6. The molecule has 0 amide bonds. The first-order valence-electron chi connectivity index (χ1n) is 10.8. The standard InChI is InChI=1S/C24H27ClN2O3S/c1-2-30-22(28)24(29,17-8-5-9-18(25)13-17)14-26-23(31)27-21-19-10-3-6-15(19)12-16-7-4-11-20(16)21/h5,8-9,12-13,29H,2-4,6-7,10-11,14H2,1H3,(H2,26,27,31). The zero-order chi connectivity index (χ0) is 22.0. The molecule has 0 bridgehead atoms. The van der Waals surface area contributed by atoms with Crippen molar-refractivity contribution in [3.05, 3.63) is 63.2 Å². The van der Waals surface area contributed by atoms with Gasteiger partial charge >= 0.3 is 5.97 Å². The van der Waals surface area contributed by atoms with Gasteiger partial charge in [-0.2, -0.15) is 0 Å². The lowest BCUT2D eigenvalue weighted by molar-refractivity contribution is -0.165. The van der Waals surface area contributed by atoms with Gasteiger partial charge in [0.25, 0.3) is 0 Å². The minimum atomic E-state index is -1.91. The van der Waals surface area contributed by atoms with Crippen LogP contribution in [0, 0.1) is 0 Å². The number of carbonyl (C=O) groups is 1. The highest BCUT2D eigenvalue weighted by molar-refractivity contribution is 7.80. The third-order valence-corrected chi connectivity index (χ3v) is 6.61. The van der Waals surface area contributed by atoms with Crippen molar-refractivity contribution in [1.29, 1.82) is 0 Å². The predicted octanol–water partition coefficient (Wildman–Crippen LogP) is 4.05. The van der Waals surface area contributed by atoms with Gasteiger partial charge in [-0.1, -0.05) is 29.8 Å². The molecule has 0 heterocycles. The number of rotatable bonds is 6. The number of thiocarbonyl (C=S) groups is 1. The molecule has 0 spiro atoms. The van der Waals surface area contributed by atoms with Crippen molar-refractivity contribution in [2.24, 2.45) is 0 Å². The number of nitrogens with one attached hydrogen (secondary N) is 2. The summed E-state index contributed by atoms with van der Waals surface area (Å²) >= 11 is 11.7. The number of hydrogen-bond donors (Lipinski definition) is 3. The molecule has 2 aromatic carbocycles. The first-order chi connectivity index (χ1) is 14.9. The monoisotopic (exact) mass is 458 g/mol. The molecule has 1 atom stereocenters. The van der Waals surface area contributed by atoms with Crippen LogP contribution in [0.5, 0.6) is 0 Å². The minimum Gasteiger partial charge on any atom is -0.464 e. The Morgan fingerprint density at radius 3 is 2.45 bits per heavy atom. The second-order valence-electron chi connectivity index (χ2n) is 8.13. The average Bonchev–Trinajstić information content (AvgIpc) is 3.41. The summed E-state index contributed by atoms with van der Waals surface area (Å²) in [6.45, 7) is 1.73. The van der Waals surface area contributed by atoms with E-state index in [1.54, 1.807) is 31.2 Å². The Morgan fingerprint density at radius 1 is 1.16 bits per heavy atom. The van der Waals surface area contributed by atoms with Crippen molar-refractivity contribution in [3.63, 3.8) is 0 Å². The van der Waals surface area contributed by atoms with Crippen molar-refractivity contribution < 1.29 is 14.6 Å². The van der Waals surface area contributed by atoms with E-state index in [0.717, 1.165) is 44.2 Å². The van der Waals surface area contributed by atoms with Crippen molar-refractivity contribution in [3.8, 4) is 0 Å². The summed E-state index contributed by atoms with van der Waals surface area (Å²) in [6, 6.07) is 8.96. The molecule has 7 heteroatoms. The maximum absolute atomic E-state index is 12.6. The van der Waals surface area contributed by atoms with Crippen molar-refractivity contribution in [1.82, 2.24) is 5.32 Å². The van der Waals surface area contributed by atoms with Crippen LogP contribution in [0.3, 0.4) is 0 Å². The molecule has 0 aromatic heterocycles. The Hall–Kier alpha value is -2.15. The van der Waals surface area contributed by atoms with Gasteiger partial charge in [0.1, 0.15) is 0 Å². The lowest BCUT2D eigenvalue weighted by atomic mass is 9.93. The van der Waals surface area contributed by atoms with Crippen LogP contribution in [-0.2, 0) is 40.8 Å². The largest absolute Gasteiger partial charge is 0.464 e. The number of benzene rings is 2. The number of fused-ring (bicyclic) bond motifs is 2. The topological polar surface area (TPSA) is 70.6 Å². The summed E-state index contributed by atoms with van der Waals surface area (Å²) < 4.78 is 5.14. The predicted molar refractivity (Wildman–Crippen MR) is 127 cm³/mol. The van der Waals surface area contributed by atoms with Gasteiger partial charge in [0.2, 0.25) is 5.60 Å². The van der Waals surface area contributed by atoms with E-state index in [4.69, 9.17) is 28.6 Å². The highest BCUT2D eigenvalue weighted by Crippen LogP contribution is 2.38. The summed E-state index contributed by atoms with van der Waals surface area (Å²) in [5.74, 6) is -0.742. The average molecular weight is 459 g/mol. The highest BCUT2D eigenvalue weighted by atomic mass is 35.5. The summed E-state index contributed by atoms with van der Waals surface area (Å²) in [4.78, 5) is 12.6. The molecule has 0 radical (unpaired) electrons. The van der Waals surface area contributed by atoms with Crippen LogP contribution >= 0.6 is 23.8 Å². The SMILES string of the molecule is CCOC(=O)C(O)(CNC(=S)Nc1c2c(cc3c1CCC3)CCC2)c1cccc(Cl)c1. The maximum atomic E-state index is 12.6. The number of aliphatic hydroxyl groups is 1. The second-order valence-corrected chi connectivity index (χ2v) is 8.98.